The molecule has 70 valence electrons. The van der Waals surface area contributed by atoms with Gasteiger partial charge in [0, 0.05) is 6.07 Å². The minimum atomic E-state index is -0.804. The number of hydrogen-bond donors (Lipinski definition) is 1. The van der Waals surface area contributed by atoms with E-state index in [-0.39, 0.29) is 22.4 Å². The van der Waals surface area contributed by atoms with Gasteiger partial charge >= 0.3 is 5.63 Å². The molecule has 0 aromatic carbocycles. The van der Waals surface area contributed by atoms with Crippen LogP contribution >= 0.6 is 15.9 Å². The van der Waals surface area contributed by atoms with Crippen LogP contribution in [0.2, 0.25) is 0 Å². The van der Waals surface area contributed by atoms with Crippen LogP contribution in [0.25, 0.3) is 0 Å². The highest BCUT2D eigenvalue weighted by Crippen LogP contribution is 2.15. The fraction of sp³-hybridized carbons (Fsp3) is 0.250. The summed E-state index contributed by atoms with van der Waals surface area (Å²) < 4.78 is 4.65. The number of ketones is 1. The number of alkyl halides is 1. The summed E-state index contributed by atoms with van der Waals surface area (Å²) in [6, 6.07) is 1.23. The third-order valence-electron chi connectivity index (χ3n) is 1.45. The number of aryl methyl sites for hydroxylation is 1. The number of carbonyl (C=O) groups is 1. The molecule has 0 bridgehead atoms. The third-order valence-corrected chi connectivity index (χ3v) is 1.96. The van der Waals surface area contributed by atoms with Crippen LogP contribution < -0.4 is 5.63 Å². The first kappa shape index (κ1) is 9.98. The lowest BCUT2D eigenvalue weighted by molar-refractivity contribution is 0.101. The van der Waals surface area contributed by atoms with Crippen LogP contribution in [0.3, 0.4) is 0 Å². The van der Waals surface area contributed by atoms with E-state index in [0.29, 0.717) is 0 Å². The smallest absolute Gasteiger partial charge is 0.350 e. The van der Waals surface area contributed by atoms with Crippen molar-refractivity contribution in [2.75, 3.05) is 5.33 Å². The number of carbonyl (C=O) groups excluding carboxylic acids is 1. The zero-order valence-corrected chi connectivity index (χ0v) is 8.42. The molecule has 1 N–H and O–H groups in total. The Bertz CT molecular complexity index is 394. The second kappa shape index (κ2) is 3.74. The van der Waals surface area contributed by atoms with Crippen molar-refractivity contribution >= 4 is 21.7 Å². The number of hydrogen-bond acceptors (Lipinski definition) is 4. The summed E-state index contributed by atoms with van der Waals surface area (Å²) in [4.78, 5) is 22.2. The summed E-state index contributed by atoms with van der Waals surface area (Å²) in [5, 5.41) is 9.25. The molecule has 0 saturated heterocycles. The van der Waals surface area contributed by atoms with Gasteiger partial charge in [0.25, 0.3) is 0 Å². The normalized spacial score (nSPS) is 10.0. The van der Waals surface area contributed by atoms with E-state index in [4.69, 9.17) is 0 Å². The molecule has 0 saturated carbocycles. The molecule has 4 nitrogen and oxygen atoms in total. The molecule has 1 rings (SSSR count). The third kappa shape index (κ3) is 1.98. The molecule has 0 aliphatic carbocycles. The summed E-state index contributed by atoms with van der Waals surface area (Å²) in [6.07, 6.45) is 0. The van der Waals surface area contributed by atoms with Crippen LogP contribution in [0, 0.1) is 6.92 Å². The zero-order valence-electron chi connectivity index (χ0n) is 6.83. The van der Waals surface area contributed by atoms with Crippen molar-refractivity contribution in [3.05, 3.63) is 27.8 Å². The van der Waals surface area contributed by atoms with Crippen LogP contribution in [-0.2, 0) is 0 Å². The Balaban J connectivity index is 3.38. The second-order valence-electron chi connectivity index (χ2n) is 2.46. The van der Waals surface area contributed by atoms with Gasteiger partial charge in [-0.2, -0.15) is 0 Å². The Labute approximate surface area is 82.3 Å². The van der Waals surface area contributed by atoms with E-state index < -0.39 is 11.4 Å². The predicted octanol–water partition coefficient (Wildman–Crippen LogP) is 1.23. The van der Waals surface area contributed by atoms with Gasteiger partial charge in [0.2, 0.25) is 0 Å². The quantitative estimate of drug-likeness (QED) is 0.630. The molecule has 13 heavy (non-hydrogen) atoms. The Morgan fingerprint density at radius 3 is 2.77 bits per heavy atom. The SMILES string of the molecule is Cc1cc(O)c(C(=O)CBr)c(=O)o1. The van der Waals surface area contributed by atoms with E-state index in [1.165, 1.54) is 13.0 Å². The van der Waals surface area contributed by atoms with Crippen LogP contribution in [0.4, 0.5) is 0 Å². The van der Waals surface area contributed by atoms with Gasteiger partial charge < -0.3 is 9.52 Å². The fourth-order valence-corrected chi connectivity index (χ4v) is 1.20. The average Bonchev–Trinajstić information content (AvgIpc) is 2.02. The topological polar surface area (TPSA) is 67.5 Å². The van der Waals surface area contributed by atoms with Gasteiger partial charge in [0.15, 0.2) is 5.78 Å². The highest BCUT2D eigenvalue weighted by atomic mass is 79.9. The maximum atomic E-state index is 11.1. The standard InChI is InChI=1S/C8H7BrO4/c1-4-2-5(10)7(6(11)3-9)8(12)13-4/h2,10H,3H2,1H3. The Hall–Kier alpha value is -1.10. The van der Waals surface area contributed by atoms with E-state index in [2.05, 4.69) is 20.3 Å². The van der Waals surface area contributed by atoms with Gasteiger partial charge in [-0.05, 0) is 6.92 Å². The molecule has 0 aliphatic rings. The minimum absolute atomic E-state index is 0.0195. The first-order valence-corrected chi connectivity index (χ1v) is 4.61. The molecule has 0 atom stereocenters. The zero-order chi connectivity index (χ0) is 10.0. The van der Waals surface area contributed by atoms with E-state index in [1.807, 2.05) is 0 Å². The van der Waals surface area contributed by atoms with Gasteiger partial charge in [-0.1, -0.05) is 15.9 Å². The van der Waals surface area contributed by atoms with Gasteiger partial charge in [-0.25, -0.2) is 4.79 Å². The highest BCUT2D eigenvalue weighted by molar-refractivity contribution is 9.09. The van der Waals surface area contributed by atoms with Crippen molar-refractivity contribution in [3.63, 3.8) is 0 Å². The van der Waals surface area contributed by atoms with Crippen LogP contribution in [-0.4, -0.2) is 16.2 Å². The largest absolute Gasteiger partial charge is 0.507 e. The van der Waals surface area contributed by atoms with Crippen LogP contribution in [0.5, 0.6) is 5.75 Å². The molecule has 0 radical (unpaired) electrons. The molecule has 0 amide bonds. The number of halogens is 1. The molecular weight excluding hydrogens is 240 g/mol. The summed E-state index contributed by atoms with van der Waals surface area (Å²) >= 11 is 2.90. The van der Waals surface area contributed by atoms with Gasteiger partial charge in [0.1, 0.15) is 17.1 Å². The average molecular weight is 247 g/mol. The van der Waals surface area contributed by atoms with Crippen molar-refractivity contribution < 1.29 is 14.3 Å². The fourth-order valence-electron chi connectivity index (χ4n) is 0.919. The molecule has 1 aromatic rings. The lowest BCUT2D eigenvalue weighted by Crippen LogP contribution is -2.15. The van der Waals surface area contributed by atoms with Gasteiger partial charge in [-0.15, -0.1) is 0 Å². The maximum Gasteiger partial charge on any atom is 0.350 e. The monoisotopic (exact) mass is 246 g/mol. The van der Waals surface area contributed by atoms with Crippen LogP contribution in [0.15, 0.2) is 15.3 Å². The molecule has 0 aliphatic heterocycles. The lowest BCUT2D eigenvalue weighted by Gasteiger charge is -1.99. The van der Waals surface area contributed by atoms with Crippen molar-refractivity contribution in [2.45, 2.75) is 6.92 Å². The molecule has 1 aromatic heterocycles. The molecular formula is C8H7BrO4. The molecule has 5 heteroatoms. The predicted molar refractivity (Wildman–Crippen MR) is 49.5 cm³/mol. The number of Topliss-reactive ketones (excluding diaryl/α,β-unsaturated/α-hetero) is 1. The molecule has 1 heterocycles. The molecule has 0 fully saturated rings. The van der Waals surface area contributed by atoms with Gasteiger partial charge in [0.05, 0.1) is 5.33 Å². The summed E-state index contributed by atoms with van der Waals surface area (Å²) in [7, 11) is 0. The van der Waals surface area contributed by atoms with E-state index in [1.54, 1.807) is 0 Å². The summed E-state index contributed by atoms with van der Waals surface area (Å²) in [5.41, 5.74) is -1.11. The molecule has 0 spiro atoms. The Morgan fingerprint density at radius 2 is 2.31 bits per heavy atom. The molecule has 0 unspecified atom stereocenters. The van der Waals surface area contributed by atoms with E-state index in [0.717, 1.165) is 0 Å². The highest BCUT2D eigenvalue weighted by Gasteiger charge is 2.16. The van der Waals surface area contributed by atoms with Crippen molar-refractivity contribution in [3.8, 4) is 5.75 Å². The van der Waals surface area contributed by atoms with E-state index >= 15 is 0 Å². The maximum absolute atomic E-state index is 11.1. The summed E-state index contributed by atoms with van der Waals surface area (Å²) in [6.45, 7) is 1.52. The summed E-state index contributed by atoms with van der Waals surface area (Å²) in [5.74, 6) is -0.557. The van der Waals surface area contributed by atoms with Crippen LogP contribution in [0.1, 0.15) is 16.1 Å². The lowest BCUT2D eigenvalue weighted by atomic mass is 10.2. The van der Waals surface area contributed by atoms with Crippen molar-refractivity contribution in [2.24, 2.45) is 0 Å². The number of aromatic hydroxyl groups is 1. The second-order valence-corrected chi connectivity index (χ2v) is 3.02. The minimum Gasteiger partial charge on any atom is -0.507 e. The first-order valence-electron chi connectivity index (χ1n) is 3.49. The van der Waals surface area contributed by atoms with Gasteiger partial charge in [-0.3, -0.25) is 4.79 Å². The Morgan fingerprint density at radius 1 is 1.69 bits per heavy atom. The first-order chi connectivity index (χ1) is 6.06. The number of rotatable bonds is 2. The van der Waals surface area contributed by atoms with E-state index in [9.17, 15) is 14.7 Å². The Kier molecular flexibility index (Phi) is 2.87. The van der Waals surface area contributed by atoms with Crippen molar-refractivity contribution in [1.29, 1.82) is 0 Å². The van der Waals surface area contributed by atoms with Crippen molar-refractivity contribution in [1.82, 2.24) is 0 Å².